The van der Waals surface area contributed by atoms with Gasteiger partial charge in [-0.25, -0.2) is 19.6 Å². The van der Waals surface area contributed by atoms with Crippen molar-refractivity contribution >= 4 is 28.7 Å². The monoisotopic (exact) mass is 445 g/mol. The van der Waals surface area contributed by atoms with Crippen molar-refractivity contribution in [1.29, 1.82) is 0 Å². The van der Waals surface area contributed by atoms with Gasteiger partial charge in [-0.3, -0.25) is 18.7 Å². The zero-order valence-corrected chi connectivity index (χ0v) is 17.6. The van der Waals surface area contributed by atoms with Crippen LogP contribution >= 0.6 is 0 Å². The second-order valence-electron chi connectivity index (χ2n) is 7.06. The van der Waals surface area contributed by atoms with Gasteiger partial charge in [0.2, 0.25) is 5.91 Å². The summed E-state index contributed by atoms with van der Waals surface area (Å²) in [6.45, 7) is -0.434. The predicted molar refractivity (Wildman–Crippen MR) is 120 cm³/mol. The summed E-state index contributed by atoms with van der Waals surface area (Å²) in [5, 5.41) is 2.61. The minimum atomic E-state index is -0.701. The summed E-state index contributed by atoms with van der Waals surface area (Å²) in [5.41, 5.74) is -0.199. The highest BCUT2D eigenvalue weighted by atomic mass is 16.5. The second-order valence-corrected chi connectivity index (χ2v) is 7.06. The number of para-hydroxylation sites is 1. The van der Waals surface area contributed by atoms with E-state index in [2.05, 4.69) is 15.3 Å². The molecule has 2 heterocycles. The van der Waals surface area contributed by atoms with E-state index in [0.29, 0.717) is 0 Å². The Morgan fingerprint density at radius 2 is 1.64 bits per heavy atom. The molecule has 0 bridgehead atoms. The zero-order valence-electron chi connectivity index (χ0n) is 17.6. The van der Waals surface area contributed by atoms with E-state index in [1.54, 1.807) is 42.5 Å². The fourth-order valence-electron chi connectivity index (χ4n) is 3.39. The highest BCUT2D eigenvalue weighted by Crippen LogP contribution is 2.16. The summed E-state index contributed by atoms with van der Waals surface area (Å²) >= 11 is 0. The van der Waals surface area contributed by atoms with Crippen molar-refractivity contribution in [2.45, 2.75) is 13.1 Å². The molecular formula is C23H19N5O5. The number of hydrogen-bond donors (Lipinski definition) is 1. The van der Waals surface area contributed by atoms with Gasteiger partial charge in [0.1, 0.15) is 6.54 Å². The first-order valence-electron chi connectivity index (χ1n) is 9.95. The summed E-state index contributed by atoms with van der Waals surface area (Å²) in [5.74, 6) is -1.21. The minimum absolute atomic E-state index is 0.00628. The van der Waals surface area contributed by atoms with E-state index in [9.17, 15) is 19.2 Å². The Balaban J connectivity index is 1.74. The van der Waals surface area contributed by atoms with E-state index in [0.717, 1.165) is 14.7 Å². The third-order valence-electron chi connectivity index (χ3n) is 4.94. The molecule has 0 aliphatic rings. The third-order valence-corrected chi connectivity index (χ3v) is 4.94. The maximum Gasteiger partial charge on any atom is 0.339 e. The summed E-state index contributed by atoms with van der Waals surface area (Å²) in [7, 11) is 1.24. The van der Waals surface area contributed by atoms with Crippen LogP contribution in [0.5, 0.6) is 0 Å². The Hall–Kier alpha value is -4.60. The number of carbonyl (C=O) groups is 2. The van der Waals surface area contributed by atoms with Crippen LogP contribution in [-0.4, -0.2) is 38.1 Å². The summed E-state index contributed by atoms with van der Waals surface area (Å²) in [6, 6.07) is 15.3. The van der Waals surface area contributed by atoms with E-state index in [1.165, 1.54) is 25.6 Å². The Labute approximate surface area is 187 Å². The molecule has 0 radical (unpaired) electrons. The van der Waals surface area contributed by atoms with Crippen molar-refractivity contribution in [3.05, 3.63) is 99.0 Å². The fourth-order valence-corrected chi connectivity index (χ4v) is 3.39. The van der Waals surface area contributed by atoms with Crippen LogP contribution < -0.4 is 16.6 Å². The highest BCUT2D eigenvalue weighted by Gasteiger charge is 2.19. The SMILES string of the molecule is COC(=O)c1ccccc1NC(=O)Cn1c(=O)n(Cc2ccccc2)c(=O)c2nccnc21. The van der Waals surface area contributed by atoms with Crippen LogP contribution in [0.1, 0.15) is 15.9 Å². The molecule has 0 aliphatic carbocycles. The molecule has 0 fully saturated rings. The minimum Gasteiger partial charge on any atom is -0.465 e. The summed E-state index contributed by atoms with van der Waals surface area (Å²) in [6.07, 6.45) is 2.68. The van der Waals surface area contributed by atoms with E-state index < -0.39 is 29.7 Å². The second kappa shape index (κ2) is 9.27. The summed E-state index contributed by atoms with van der Waals surface area (Å²) in [4.78, 5) is 59.1. The van der Waals surface area contributed by atoms with Crippen molar-refractivity contribution in [2.24, 2.45) is 0 Å². The highest BCUT2D eigenvalue weighted by molar-refractivity contribution is 6.01. The van der Waals surface area contributed by atoms with Crippen LogP contribution in [0.15, 0.2) is 76.6 Å². The van der Waals surface area contributed by atoms with Crippen LogP contribution in [0.25, 0.3) is 11.2 Å². The molecule has 0 unspecified atom stereocenters. The summed E-state index contributed by atoms with van der Waals surface area (Å²) < 4.78 is 6.84. The lowest BCUT2D eigenvalue weighted by molar-refractivity contribution is -0.116. The largest absolute Gasteiger partial charge is 0.465 e. The number of nitrogens with one attached hydrogen (secondary N) is 1. The fraction of sp³-hybridized carbons (Fsp3) is 0.130. The van der Waals surface area contributed by atoms with Gasteiger partial charge in [0.15, 0.2) is 11.2 Å². The van der Waals surface area contributed by atoms with Gasteiger partial charge in [-0.05, 0) is 17.7 Å². The van der Waals surface area contributed by atoms with Crippen molar-refractivity contribution in [1.82, 2.24) is 19.1 Å². The first kappa shape index (κ1) is 21.6. The van der Waals surface area contributed by atoms with Gasteiger partial charge < -0.3 is 10.1 Å². The Bertz CT molecular complexity index is 1460. The first-order chi connectivity index (χ1) is 16.0. The van der Waals surface area contributed by atoms with Crippen molar-refractivity contribution in [3.63, 3.8) is 0 Å². The number of methoxy groups -OCH3 is 1. The number of ether oxygens (including phenoxy) is 1. The van der Waals surface area contributed by atoms with Crippen molar-refractivity contribution in [2.75, 3.05) is 12.4 Å². The van der Waals surface area contributed by atoms with Crippen LogP contribution in [0.2, 0.25) is 0 Å². The number of aromatic nitrogens is 4. The van der Waals surface area contributed by atoms with Gasteiger partial charge in [0.05, 0.1) is 24.9 Å². The van der Waals surface area contributed by atoms with E-state index in [1.807, 2.05) is 6.07 Å². The number of nitrogens with zero attached hydrogens (tertiary/aromatic N) is 4. The molecule has 4 aromatic rings. The zero-order chi connectivity index (χ0) is 23.4. The Kier molecular flexibility index (Phi) is 6.07. The van der Waals surface area contributed by atoms with Crippen LogP contribution in [0.4, 0.5) is 5.69 Å². The Morgan fingerprint density at radius 1 is 0.939 bits per heavy atom. The molecule has 2 aromatic carbocycles. The molecule has 10 nitrogen and oxygen atoms in total. The molecule has 1 amide bonds. The average Bonchev–Trinajstić information content (AvgIpc) is 2.85. The number of rotatable bonds is 6. The van der Waals surface area contributed by atoms with Gasteiger partial charge in [-0.2, -0.15) is 0 Å². The molecule has 0 aliphatic heterocycles. The molecule has 0 spiro atoms. The lowest BCUT2D eigenvalue weighted by Crippen LogP contribution is -2.42. The van der Waals surface area contributed by atoms with Gasteiger partial charge in [0.25, 0.3) is 5.56 Å². The van der Waals surface area contributed by atoms with Gasteiger partial charge in [-0.15, -0.1) is 0 Å². The number of benzene rings is 2. The van der Waals surface area contributed by atoms with Gasteiger partial charge >= 0.3 is 11.7 Å². The number of anilines is 1. The van der Waals surface area contributed by atoms with Gasteiger partial charge in [-0.1, -0.05) is 42.5 Å². The topological polar surface area (TPSA) is 125 Å². The molecule has 0 atom stereocenters. The number of carbonyl (C=O) groups excluding carboxylic acids is 2. The molecule has 0 saturated heterocycles. The number of fused-ring (bicyclic) bond motifs is 1. The molecular weight excluding hydrogens is 426 g/mol. The molecule has 4 rings (SSSR count). The standard InChI is InChI=1S/C23H19N5O5/c1-33-22(31)16-9-5-6-10-17(16)26-18(29)14-27-20-19(24-11-12-25-20)21(30)28(23(27)32)13-15-7-3-2-4-8-15/h2-12H,13-14H2,1H3,(H,26,29). The first-order valence-corrected chi connectivity index (χ1v) is 9.95. The van der Waals surface area contributed by atoms with Crippen LogP contribution in [-0.2, 0) is 22.6 Å². The third kappa shape index (κ3) is 4.40. The lowest BCUT2D eigenvalue weighted by Gasteiger charge is -2.14. The predicted octanol–water partition coefficient (Wildman–Crippen LogP) is 1.43. The molecule has 166 valence electrons. The van der Waals surface area contributed by atoms with Crippen LogP contribution in [0, 0.1) is 0 Å². The number of esters is 1. The number of hydrogen-bond acceptors (Lipinski definition) is 7. The maximum absolute atomic E-state index is 13.2. The van der Waals surface area contributed by atoms with E-state index in [4.69, 9.17) is 4.74 Å². The van der Waals surface area contributed by atoms with E-state index in [-0.39, 0.29) is 29.0 Å². The smallest absolute Gasteiger partial charge is 0.339 e. The molecule has 1 N–H and O–H groups in total. The lowest BCUT2D eigenvalue weighted by atomic mass is 10.2. The van der Waals surface area contributed by atoms with Crippen molar-refractivity contribution in [3.8, 4) is 0 Å². The van der Waals surface area contributed by atoms with Gasteiger partial charge in [0, 0.05) is 12.4 Å². The Morgan fingerprint density at radius 3 is 2.39 bits per heavy atom. The molecule has 10 heteroatoms. The van der Waals surface area contributed by atoms with Crippen molar-refractivity contribution < 1.29 is 14.3 Å². The van der Waals surface area contributed by atoms with Crippen LogP contribution in [0.3, 0.4) is 0 Å². The molecule has 0 saturated carbocycles. The normalized spacial score (nSPS) is 10.7. The quantitative estimate of drug-likeness (QED) is 0.445. The maximum atomic E-state index is 13.2. The molecule has 2 aromatic heterocycles. The molecule has 33 heavy (non-hydrogen) atoms. The number of amides is 1. The average molecular weight is 445 g/mol. The van der Waals surface area contributed by atoms with E-state index >= 15 is 0 Å².